The Balaban J connectivity index is 1.53. The van der Waals surface area contributed by atoms with E-state index in [2.05, 4.69) is 36.3 Å². The second-order valence-electron chi connectivity index (χ2n) is 7.08. The maximum Gasteiger partial charge on any atom is 0.227 e. The van der Waals surface area contributed by atoms with Crippen molar-refractivity contribution in [1.29, 1.82) is 5.26 Å². The summed E-state index contributed by atoms with van der Waals surface area (Å²) in [6.07, 6.45) is 7.99. The van der Waals surface area contributed by atoms with Gasteiger partial charge < -0.3 is 20.4 Å². The zero-order valence-electron chi connectivity index (χ0n) is 16.3. The van der Waals surface area contributed by atoms with Crippen molar-refractivity contribution in [2.45, 2.75) is 25.5 Å². The first-order chi connectivity index (χ1) is 14.7. The van der Waals surface area contributed by atoms with Crippen LogP contribution in [0.25, 0.3) is 11.3 Å². The summed E-state index contributed by atoms with van der Waals surface area (Å²) >= 11 is 0. The Kier molecular flexibility index (Phi) is 5.83. The zero-order chi connectivity index (χ0) is 20.9. The molecule has 3 aromatic rings. The molecule has 4 heterocycles. The SMILES string of the molecule is N#Cc1cc(-c2ccnc(Nc3cnn(CC(O)CO)c3)n2)cnc1N1CCCC1. The van der Waals surface area contributed by atoms with Gasteiger partial charge in [-0.2, -0.15) is 10.4 Å². The second kappa shape index (κ2) is 8.86. The molecule has 4 rings (SSSR count). The molecule has 1 saturated heterocycles. The molecule has 0 saturated carbocycles. The van der Waals surface area contributed by atoms with E-state index >= 15 is 0 Å². The lowest BCUT2D eigenvalue weighted by Crippen LogP contribution is -2.20. The first-order valence-electron chi connectivity index (χ1n) is 9.73. The minimum atomic E-state index is -0.873. The number of anilines is 3. The Bertz CT molecular complexity index is 1050. The van der Waals surface area contributed by atoms with Gasteiger partial charge in [-0.05, 0) is 25.0 Å². The molecule has 154 valence electrons. The number of nitriles is 1. The predicted octanol–water partition coefficient (Wildman–Crippen LogP) is 1.30. The molecule has 0 aromatic carbocycles. The average molecular weight is 406 g/mol. The molecule has 0 bridgehead atoms. The monoisotopic (exact) mass is 406 g/mol. The molecule has 1 fully saturated rings. The summed E-state index contributed by atoms with van der Waals surface area (Å²) in [7, 11) is 0. The summed E-state index contributed by atoms with van der Waals surface area (Å²) in [6, 6.07) is 5.82. The lowest BCUT2D eigenvalue weighted by atomic mass is 10.1. The Morgan fingerprint density at radius 1 is 1.23 bits per heavy atom. The van der Waals surface area contributed by atoms with Gasteiger partial charge in [0.1, 0.15) is 11.9 Å². The summed E-state index contributed by atoms with van der Waals surface area (Å²) in [5.41, 5.74) is 2.57. The molecule has 3 N–H and O–H groups in total. The standard InChI is InChI=1S/C20H22N8O2/c21-8-14-7-15(9-23-19(14)27-5-1-2-6-27)18-3-4-22-20(26-18)25-16-10-24-28(11-16)12-17(30)13-29/h3-4,7,9-11,17,29-30H,1-2,5-6,12-13H2,(H,22,25,26). The largest absolute Gasteiger partial charge is 0.394 e. The van der Waals surface area contributed by atoms with Gasteiger partial charge in [-0.15, -0.1) is 0 Å². The summed E-state index contributed by atoms with van der Waals surface area (Å²) in [4.78, 5) is 15.4. The highest BCUT2D eigenvalue weighted by atomic mass is 16.3. The van der Waals surface area contributed by atoms with E-state index in [1.807, 2.05) is 0 Å². The lowest BCUT2D eigenvalue weighted by molar-refractivity contribution is 0.0783. The van der Waals surface area contributed by atoms with Crippen LogP contribution in [0.3, 0.4) is 0 Å². The van der Waals surface area contributed by atoms with E-state index in [-0.39, 0.29) is 13.2 Å². The molecule has 10 heteroatoms. The van der Waals surface area contributed by atoms with Gasteiger partial charge >= 0.3 is 0 Å². The van der Waals surface area contributed by atoms with Crippen LogP contribution in [0.5, 0.6) is 0 Å². The van der Waals surface area contributed by atoms with E-state index in [4.69, 9.17) is 5.11 Å². The molecule has 1 aliphatic heterocycles. The maximum absolute atomic E-state index is 9.58. The minimum Gasteiger partial charge on any atom is -0.394 e. The van der Waals surface area contributed by atoms with Gasteiger partial charge in [-0.1, -0.05) is 0 Å². The molecule has 1 atom stereocenters. The Labute approximate surface area is 173 Å². The summed E-state index contributed by atoms with van der Waals surface area (Å²) < 4.78 is 1.52. The molecule has 3 aromatic heterocycles. The fraction of sp³-hybridized carbons (Fsp3) is 0.350. The summed E-state index contributed by atoms with van der Waals surface area (Å²) in [5.74, 6) is 1.10. The van der Waals surface area contributed by atoms with Crippen molar-refractivity contribution in [3.8, 4) is 17.3 Å². The smallest absolute Gasteiger partial charge is 0.227 e. The fourth-order valence-electron chi connectivity index (χ4n) is 3.37. The third-order valence-electron chi connectivity index (χ3n) is 4.84. The van der Waals surface area contributed by atoms with E-state index in [9.17, 15) is 10.4 Å². The third kappa shape index (κ3) is 4.37. The van der Waals surface area contributed by atoms with Gasteiger partial charge in [-0.3, -0.25) is 4.68 Å². The topological polar surface area (TPSA) is 136 Å². The van der Waals surface area contributed by atoms with Crippen molar-refractivity contribution in [2.75, 3.05) is 29.9 Å². The molecule has 0 radical (unpaired) electrons. The van der Waals surface area contributed by atoms with Crippen molar-refractivity contribution in [1.82, 2.24) is 24.7 Å². The third-order valence-corrected chi connectivity index (χ3v) is 4.84. The Hall–Kier alpha value is -3.55. The Morgan fingerprint density at radius 3 is 2.83 bits per heavy atom. The molecule has 0 aliphatic carbocycles. The van der Waals surface area contributed by atoms with Crippen LogP contribution >= 0.6 is 0 Å². The van der Waals surface area contributed by atoms with Crippen molar-refractivity contribution < 1.29 is 10.2 Å². The van der Waals surface area contributed by atoms with Gasteiger partial charge in [-0.25, -0.2) is 15.0 Å². The molecule has 0 spiro atoms. The highest BCUT2D eigenvalue weighted by Gasteiger charge is 2.18. The van der Waals surface area contributed by atoms with E-state index in [0.717, 1.165) is 37.3 Å². The molecule has 0 amide bonds. The van der Waals surface area contributed by atoms with Crippen LogP contribution in [0, 0.1) is 11.3 Å². The average Bonchev–Trinajstić information content (AvgIpc) is 3.46. The molecule has 30 heavy (non-hydrogen) atoms. The molecule has 1 aliphatic rings. The molecule has 1 unspecified atom stereocenters. The van der Waals surface area contributed by atoms with E-state index in [0.29, 0.717) is 22.9 Å². The lowest BCUT2D eigenvalue weighted by Gasteiger charge is -2.17. The maximum atomic E-state index is 9.58. The predicted molar refractivity (Wildman–Crippen MR) is 110 cm³/mol. The highest BCUT2D eigenvalue weighted by molar-refractivity contribution is 5.67. The zero-order valence-corrected chi connectivity index (χ0v) is 16.3. The number of aliphatic hydroxyl groups excluding tert-OH is 2. The summed E-state index contributed by atoms with van der Waals surface area (Å²) in [5, 5.41) is 35.2. The van der Waals surface area contributed by atoms with Crippen LogP contribution in [0.2, 0.25) is 0 Å². The van der Waals surface area contributed by atoms with Crippen LogP contribution in [0.15, 0.2) is 36.9 Å². The van der Waals surface area contributed by atoms with Crippen LogP contribution in [0.1, 0.15) is 18.4 Å². The van der Waals surface area contributed by atoms with Crippen molar-refractivity contribution in [2.24, 2.45) is 0 Å². The van der Waals surface area contributed by atoms with E-state index in [1.165, 1.54) is 4.68 Å². The quantitative estimate of drug-likeness (QED) is 0.530. The van der Waals surface area contributed by atoms with Crippen molar-refractivity contribution in [3.63, 3.8) is 0 Å². The van der Waals surface area contributed by atoms with Crippen molar-refractivity contribution >= 4 is 17.5 Å². The van der Waals surface area contributed by atoms with Crippen molar-refractivity contribution in [3.05, 3.63) is 42.5 Å². The van der Waals surface area contributed by atoms with Crippen LogP contribution in [-0.4, -0.2) is 60.7 Å². The van der Waals surface area contributed by atoms with Gasteiger partial charge in [0.05, 0.1) is 42.4 Å². The number of pyridine rings is 1. The van der Waals surface area contributed by atoms with Gasteiger partial charge in [0.25, 0.3) is 0 Å². The van der Waals surface area contributed by atoms with E-state index in [1.54, 1.807) is 36.9 Å². The first kappa shape index (κ1) is 19.8. The number of aliphatic hydroxyl groups is 2. The molecular formula is C20H22N8O2. The van der Waals surface area contributed by atoms with Gasteiger partial charge in [0, 0.05) is 37.2 Å². The van der Waals surface area contributed by atoms with E-state index < -0.39 is 6.10 Å². The first-order valence-corrected chi connectivity index (χ1v) is 9.73. The Morgan fingerprint density at radius 2 is 2.07 bits per heavy atom. The fourth-order valence-corrected chi connectivity index (χ4v) is 3.37. The number of hydrogen-bond donors (Lipinski definition) is 3. The van der Waals surface area contributed by atoms with Gasteiger partial charge in [0.15, 0.2) is 0 Å². The number of aromatic nitrogens is 5. The van der Waals surface area contributed by atoms with Crippen LogP contribution in [0.4, 0.5) is 17.5 Å². The van der Waals surface area contributed by atoms with Crippen LogP contribution < -0.4 is 10.2 Å². The number of rotatable bonds is 7. The number of nitrogens with one attached hydrogen (secondary N) is 1. The highest BCUT2D eigenvalue weighted by Crippen LogP contribution is 2.26. The second-order valence-corrected chi connectivity index (χ2v) is 7.08. The number of hydrogen-bond acceptors (Lipinski definition) is 9. The minimum absolute atomic E-state index is 0.186. The molecular weight excluding hydrogens is 384 g/mol. The summed E-state index contributed by atoms with van der Waals surface area (Å²) in [6.45, 7) is 1.70. The van der Waals surface area contributed by atoms with Gasteiger partial charge in [0.2, 0.25) is 5.95 Å². The number of nitrogens with zero attached hydrogens (tertiary/aromatic N) is 7. The van der Waals surface area contributed by atoms with Crippen LogP contribution in [-0.2, 0) is 6.54 Å². The normalized spacial score (nSPS) is 14.5. The molecule has 10 nitrogen and oxygen atoms in total.